The van der Waals surface area contributed by atoms with Gasteiger partial charge in [0.15, 0.2) is 0 Å². The molecule has 6 heteroatoms. The van der Waals surface area contributed by atoms with E-state index in [0.717, 1.165) is 0 Å². The highest BCUT2D eigenvalue weighted by molar-refractivity contribution is 5.94. The summed E-state index contributed by atoms with van der Waals surface area (Å²) in [6.07, 6.45) is 0.628. The Morgan fingerprint density at radius 3 is 2.61 bits per heavy atom. The van der Waals surface area contributed by atoms with Crippen molar-refractivity contribution < 1.29 is 14.7 Å². The van der Waals surface area contributed by atoms with Gasteiger partial charge in [0.05, 0.1) is 0 Å². The number of carboxylic acids is 1. The number of carbonyl (C=O) groups excluding carboxylic acids is 1. The molecule has 1 amide bonds. The lowest BCUT2D eigenvalue weighted by molar-refractivity contribution is -0.140. The first kappa shape index (κ1) is 14.0. The van der Waals surface area contributed by atoms with Gasteiger partial charge in [0, 0.05) is 6.07 Å². The molecule has 0 aliphatic carbocycles. The van der Waals surface area contributed by atoms with Gasteiger partial charge in [-0.1, -0.05) is 26.3 Å². The van der Waals surface area contributed by atoms with Crippen molar-refractivity contribution in [1.82, 2.24) is 10.3 Å². The Morgan fingerprint density at radius 1 is 1.44 bits per heavy atom. The number of aromatic amines is 1. The normalized spacial score (nSPS) is 13.7. The van der Waals surface area contributed by atoms with Crippen LogP contribution in [0.5, 0.6) is 0 Å². The third-order valence-electron chi connectivity index (χ3n) is 2.78. The van der Waals surface area contributed by atoms with Crippen LogP contribution in [-0.2, 0) is 4.79 Å². The Morgan fingerprint density at radius 2 is 2.11 bits per heavy atom. The van der Waals surface area contributed by atoms with E-state index in [1.807, 2.05) is 6.92 Å². The molecule has 98 valence electrons. The number of hydrogen-bond acceptors (Lipinski definition) is 3. The number of rotatable bonds is 5. The van der Waals surface area contributed by atoms with Crippen molar-refractivity contribution in [3.63, 3.8) is 0 Å². The lowest BCUT2D eigenvalue weighted by Crippen LogP contribution is -2.45. The third-order valence-corrected chi connectivity index (χ3v) is 2.78. The summed E-state index contributed by atoms with van der Waals surface area (Å²) in [7, 11) is 0. The van der Waals surface area contributed by atoms with Crippen LogP contribution in [0.3, 0.4) is 0 Å². The smallest absolute Gasteiger partial charge is 0.326 e. The molecule has 0 fully saturated rings. The van der Waals surface area contributed by atoms with Crippen LogP contribution in [0.1, 0.15) is 30.8 Å². The van der Waals surface area contributed by atoms with E-state index < -0.39 is 23.5 Å². The highest BCUT2D eigenvalue weighted by Gasteiger charge is 2.25. The molecule has 6 nitrogen and oxygen atoms in total. The lowest BCUT2D eigenvalue weighted by atomic mass is 9.99. The van der Waals surface area contributed by atoms with E-state index in [1.54, 1.807) is 6.92 Å². The van der Waals surface area contributed by atoms with Gasteiger partial charge in [-0.2, -0.15) is 0 Å². The first-order chi connectivity index (χ1) is 8.45. The van der Waals surface area contributed by atoms with E-state index >= 15 is 0 Å². The van der Waals surface area contributed by atoms with Crippen LogP contribution in [0.15, 0.2) is 23.0 Å². The van der Waals surface area contributed by atoms with Crippen LogP contribution in [-0.4, -0.2) is 28.0 Å². The van der Waals surface area contributed by atoms with Crippen LogP contribution in [0, 0.1) is 5.92 Å². The number of nitrogens with one attached hydrogen (secondary N) is 2. The van der Waals surface area contributed by atoms with Crippen molar-refractivity contribution >= 4 is 11.9 Å². The van der Waals surface area contributed by atoms with Gasteiger partial charge in [-0.25, -0.2) is 4.79 Å². The van der Waals surface area contributed by atoms with Crippen molar-refractivity contribution in [2.75, 3.05) is 0 Å². The summed E-state index contributed by atoms with van der Waals surface area (Å²) < 4.78 is 0. The molecule has 1 rings (SSSR count). The molecule has 3 N–H and O–H groups in total. The molecular weight excluding hydrogens is 236 g/mol. The molecule has 0 bridgehead atoms. The number of aliphatic carboxylic acids is 1. The highest BCUT2D eigenvalue weighted by atomic mass is 16.4. The van der Waals surface area contributed by atoms with Crippen LogP contribution < -0.4 is 10.9 Å². The summed E-state index contributed by atoms with van der Waals surface area (Å²) in [5.41, 5.74) is -0.352. The second kappa shape index (κ2) is 6.00. The fourth-order valence-electron chi connectivity index (χ4n) is 1.48. The average Bonchev–Trinajstić information content (AvgIpc) is 2.34. The monoisotopic (exact) mass is 252 g/mol. The predicted molar refractivity (Wildman–Crippen MR) is 65.4 cm³/mol. The second-order valence-electron chi connectivity index (χ2n) is 4.10. The summed E-state index contributed by atoms with van der Waals surface area (Å²) in [5, 5.41) is 11.4. The minimum atomic E-state index is -1.09. The zero-order valence-electron chi connectivity index (χ0n) is 10.3. The van der Waals surface area contributed by atoms with Gasteiger partial charge in [0.1, 0.15) is 11.7 Å². The van der Waals surface area contributed by atoms with Gasteiger partial charge in [-0.15, -0.1) is 0 Å². The molecule has 0 aliphatic heterocycles. The number of pyridine rings is 1. The number of aromatic nitrogens is 1. The van der Waals surface area contributed by atoms with Gasteiger partial charge in [-0.3, -0.25) is 9.59 Å². The van der Waals surface area contributed by atoms with Gasteiger partial charge in [0.25, 0.3) is 5.91 Å². The summed E-state index contributed by atoms with van der Waals surface area (Å²) in [5.74, 6) is -1.88. The Hall–Kier alpha value is -2.11. The molecule has 0 unspecified atom stereocenters. The molecule has 0 saturated heterocycles. The van der Waals surface area contributed by atoms with E-state index in [2.05, 4.69) is 10.3 Å². The Kier molecular flexibility index (Phi) is 4.65. The summed E-state index contributed by atoms with van der Waals surface area (Å²) in [4.78, 5) is 36.2. The average molecular weight is 252 g/mol. The molecule has 0 radical (unpaired) electrons. The molecule has 0 aliphatic rings. The van der Waals surface area contributed by atoms with Crippen molar-refractivity contribution in [2.45, 2.75) is 26.3 Å². The maximum Gasteiger partial charge on any atom is 0.326 e. The standard InChI is InChI=1S/C12H16N2O4/c1-3-7(2)10(12(17)18)14-11(16)8-5-4-6-9(15)13-8/h4-7,10H,3H2,1-2H3,(H,13,15)(H,14,16)(H,17,18)/t7-,10-/m0/s1. The fraction of sp³-hybridized carbons (Fsp3) is 0.417. The van der Waals surface area contributed by atoms with Crippen molar-refractivity contribution in [1.29, 1.82) is 0 Å². The number of carbonyl (C=O) groups is 2. The Bertz CT molecular complexity index is 495. The molecule has 0 saturated carbocycles. The number of carboxylic acid groups (broad SMARTS) is 1. The first-order valence-electron chi connectivity index (χ1n) is 5.68. The molecule has 2 atom stereocenters. The minimum absolute atomic E-state index is 0.0528. The van der Waals surface area contributed by atoms with E-state index in [1.165, 1.54) is 18.2 Å². The van der Waals surface area contributed by atoms with Gasteiger partial charge < -0.3 is 15.4 Å². The Balaban J connectivity index is 2.85. The molecule has 1 heterocycles. The van der Waals surface area contributed by atoms with Crippen LogP contribution >= 0.6 is 0 Å². The van der Waals surface area contributed by atoms with Crippen molar-refractivity contribution in [3.05, 3.63) is 34.2 Å². The number of H-pyrrole nitrogens is 1. The maximum atomic E-state index is 11.8. The fourth-order valence-corrected chi connectivity index (χ4v) is 1.48. The van der Waals surface area contributed by atoms with Crippen molar-refractivity contribution in [3.8, 4) is 0 Å². The topological polar surface area (TPSA) is 99.3 Å². The largest absolute Gasteiger partial charge is 0.480 e. The number of hydrogen-bond donors (Lipinski definition) is 3. The van der Waals surface area contributed by atoms with Crippen LogP contribution in [0.2, 0.25) is 0 Å². The second-order valence-corrected chi connectivity index (χ2v) is 4.10. The summed E-state index contributed by atoms with van der Waals surface area (Å²) in [6.45, 7) is 3.59. The Labute approximate surface area is 104 Å². The highest BCUT2D eigenvalue weighted by Crippen LogP contribution is 2.08. The maximum absolute atomic E-state index is 11.8. The summed E-state index contributed by atoms with van der Waals surface area (Å²) in [6, 6.07) is 3.17. The molecule has 1 aromatic rings. The quantitative estimate of drug-likeness (QED) is 0.714. The summed E-state index contributed by atoms with van der Waals surface area (Å²) >= 11 is 0. The van der Waals surface area contributed by atoms with Gasteiger partial charge >= 0.3 is 5.97 Å². The van der Waals surface area contributed by atoms with Crippen LogP contribution in [0.25, 0.3) is 0 Å². The zero-order valence-corrected chi connectivity index (χ0v) is 10.3. The minimum Gasteiger partial charge on any atom is -0.480 e. The molecular formula is C12H16N2O4. The molecule has 0 spiro atoms. The van der Waals surface area contributed by atoms with E-state index in [9.17, 15) is 14.4 Å². The van der Waals surface area contributed by atoms with Gasteiger partial charge in [-0.05, 0) is 12.0 Å². The third kappa shape index (κ3) is 3.44. The van der Waals surface area contributed by atoms with E-state index in [-0.39, 0.29) is 11.6 Å². The lowest BCUT2D eigenvalue weighted by Gasteiger charge is -2.19. The van der Waals surface area contributed by atoms with Crippen LogP contribution in [0.4, 0.5) is 0 Å². The zero-order chi connectivity index (χ0) is 13.7. The van der Waals surface area contributed by atoms with Gasteiger partial charge in [0.2, 0.25) is 5.56 Å². The SMILES string of the molecule is CC[C@H](C)[C@H](NC(=O)c1cccc(=O)[nH]1)C(=O)O. The molecule has 1 aromatic heterocycles. The van der Waals surface area contributed by atoms with E-state index in [0.29, 0.717) is 6.42 Å². The van der Waals surface area contributed by atoms with E-state index in [4.69, 9.17) is 5.11 Å². The molecule has 18 heavy (non-hydrogen) atoms. The van der Waals surface area contributed by atoms with Crippen molar-refractivity contribution in [2.24, 2.45) is 5.92 Å². The molecule has 0 aromatic carbocycles. The first-order valence-corrected chi connectivity index (χ1v) is 5.68. The predicted octanol–water partition coefficient (Wildman–Crippen LogP) is 0.604. The number of amides is 1.